The summed E-state index contributed by atoms with van der Waals surface area (Å²) in [5.74, 6) is 2.44. The van der Waals surface area contributed by atoms with Gasteiger partial charge in [-0.25, -0.2) is 8.51 Å². The minimum absolute atomic E-state index is 0.151. The van der Waals surface area contributed by atoms with Crippen LogP contribution in [0.3, 0.4) is 0 Å². The zero-order chi connectivity index (χ0) is 8.15. The molecule has 0 fully saturated rings. The molecule has 1 atom stereocenters. The smallest absolute Gasteiger partial charge is 0.0975 e. The largest absolute Gasteiger partial charge is 0.242 e. The van der Waals surface area contributed by atoms with Crippen molar-refractivity contribution in [2.45, 2.75) is 19.1 Å². The van der Waals surface area contributed by atoms with Gasteiger partial charge in [-0.3, -0.25) is 0 Å². The van der Waals surface area contributed by atoms with Crippen molar-refractivity contribution in [3.63, 3.8) is 0 Å². The Kier molecular flexibility index (Phi) is 4.33. The Morgan fingerprint density at radius 3 is 2.50 bits per heavy atom. The van der Waals surface area contributed by atoms with Crippen LogP contribution in [0.15, 0.2) is 0 Å². The van der Waals surface area contributed by atoms with Crippen LogP contribution in [-0.4, -0.2) is 27.4 Å². The fourth-order valence-electron chi connectivity index (χ4n) is 0.552. The summed E-state index contributed by atoms with van der Waals surface area (Å²) in [6.07, 6.45) is 5.04. The van der Waals surface area contributed by atoms with Gasteiger partial charge in [0.05, 0.1) is 17.5 Å². The monoisotopic (exact) mass is 159 g/mol. The van der Waals surface area contributed by atoms with Crippen LogP contribution in [0.2, 0.25) is 0 Å². The highest BCUT2D eigenvalue weighted by Crippen LogP contribution is 1.97. The first-order valence-electron chi connectivity index (χ1n) is 3.15. The van der Waals surface area contributed by atoms with Crippen molar-refractivity contribution in [3.8, 4) is 12.3 Å². The number of hydrogen-bond acceptors (Lipinski definition) is 1. The predicted octanol–water partition coefficient (Wildman–Crippen LogP) is 0.624. The van der Waals surface area contributed by atoms with Crippen LogP contribution in [0.5, 0.6) is 0 Å². The molecule has 0 bridgehead atoms. The van der Waals surface area contributed by atoms with Crippen LogP contribution in [0.25, 0.3) is 0 Å². The third-order valence-electron chi connectivity index (χ3n) is 1.02. The Morgan fingerprint density at radius 2 is 2.20 bits per heavy atom. The molecular formula is C7H13NOS. The lowest BCUT2D eigenvalue weighted by Crippen LogP contribution is -2.27. The molecule has 3 heteroatoms. The lowest BCUT2D eigenvalue weighted by atomic mass is 10.6. The normalized spacial score (nSPS) is 13.6. The molecule has 0 aliphatic rings. The van der Waals surface area contributed by atoms with Gasteiger partial charge in [0.15, 0.2) is 0 Å². The van der Waals surface area contributed by atoms with Gasteiger partial charge in [0, 0.05) is 12.3 Å². The number of hydrogen-bond donors (Lipinski definition) is 0. The fraction of sp³-hybridized carbons (Fsp3) is 0.714. The summed E-state index contributed by atoms with van der Waals surface area (Å²) in [6, 6.07) is 0. The average molecular weight is 159 g/mol. The van der Waals surface area contributed by atoms with E-state index < -0.39 is 11.0 Å². The fourth-order valence-corrected chi connectivity index (χ4v) is 1.47. The first-order valence-corrected chi connectivity index (χ1v) is 4.32. The summed E-state index contributed by atoms with van der Waals surface area (Å²) in [5.41, 5.74) is 0. The molecule has 0 radical (unpaired) electrons. The van der Waals surface area contributed by atoms with E-state index in [1.807, 2.05) is 13.8 Å². The molecule has 58 valence electrons. The molecule has 0 saturated heterocycles. The standard InChI is InChI=1S/C7H13NOS/c1-5-6-8(4)10(9)7(2)3/h1,7H,6H2,2-4H3. The molecule has 0 aromatic heterocycles. The van der Waals surface area contributed by atoms with Crippen molar-refractivity contribution >= 4 is 11.0 Å². The molecule has 0 saturated carbocycles. The maximum Gasteiger partial charge on any atom is 0.0975 e. The summed E-state index contributed by atoms with van der Waals surface area (Å²) in [4.78, 5) is 0. The van der Waals surface area contributed by atoms with E-state index >= 15 is 0 Å². The summed E-state index contributed by atoms with van der Waals surface area (Å²) in [6.45, 7) is 4.26. The number of nitrogens with zero attached hydrogens (tertiary/aromatic N) is 1. The van der Waals surface area contributed by atoms with E-state index in [9.17, 15) is 4.21 Å². The second kappa shape index (κ2) is 4.48. The van der Waals surface area contributed by atoms with E-state index in [2.05, 4.69) is 5.92 Å². The van der Waals surface area contributed by atoms with E-state index in [1.165, 1.54) is 0 Å². The Labute approximate surface area is 65.2 Å². The van der Waals surface area contributed by atoms with E-state index in [0.717, 1.165) is 0 Å². The number of rotatable bonds is 3. The van der Waals surface area contributed by atoms with Crippen LogP contribution < -0.4 is 0 Å². The van der Waals surface area contributed by atoms with Gasteiger partial charge in [-0.15, -0.1) is 6.42 Å². The van der Waals surface area contributed by atoms with Crippen molar-refractivity contribution in [1.29, 1.82) is 0 Å². The van der Waals surface area contributed by atoms with Gasteiger partial charge < -0.3 is 0 Å². The van der Waals surface area contributed by atoms with Gasteiger partial charge in [0.1, 0.15) is 0 Å². The Hall–Kier alpha value is -0.330. The molecular weight excluding hydrogens is 146 g/mol. The molecule has 0 N–H and O–H groups in total. The lowest BCUT2D eigenvalue weighted by molar-refractivity contribution is 0.567. The highest BCUT2D eigenvalue weighted by Gasteiger charge is 2.09. The van der Waals surface area contributed by atoms with Gasteiger partial charge in [0.25, 0.3) is 0 Å². The zero-order valence-corrected chi connectivity index (χ0v) is 7.44. The first-order chi connectivity index (χ1) is 4.59. The van der Waals surface area contributed by atoms with Crippen molar-refractivity contribution in [2.75, 3.05) is 13.6 Å². The highest BCUT2D eigenvalue weighted by atomic mass is 32.2. The molecule has 10 heavy (non-hydrogen) atoms. The molecule has 0 aliphatic heterocycles. The van der Waals surface area contributed by atoms with E-state index in [1.54, 1.807) is 11.4 Å². The van der Waals surface area contributed by atoms with Gasteiger partial charge in [-0.2, -0.15) is 0 Å². The summed E-state index contributed by atoms with van der Waals surface area (Å²) < 4.78 is 12.8. The summed E-state index contributed by atoms with van der Waals surface area (Å²) in [5, 5.41) is 0.151. The SMILES string of the molecule is C#CCN(C)S(=O)C(C)C. The first kappa shape index (κ1) is 9.67. The maximum atomic E-state index is 11.2. The second-order valence-corrected chi connectivity index (χ2v) is 4.43. The van der Waals surface area contributed by atoms with Crippen molar-refractivity contribution in [2.24, 2.45) is 0 Å². The van der Waals surface area contributed by atoms with Crippen molar-refractivity contribution in [1.82, 2.24) is 4.31 Å². The van der Waals surface area contributed by atoms with Crippen LogP contribution in [0.4, 0.5) is 0 Å². The molecule has 0 aromatic carbocycles. The molecule has 1 unspecified atom stereocenters. The van der Waals surface area contributed by atoms with E-state index in [0.29, 0.717) is 6.54 Å². The van der Waals surface area contributed by atoms with Gasteiger partial charge in [0.2, 0.25) is 0 Å². The van der Waals surface area contributed by atoms with Crippen LogP contribution in [0.1, 0.15) is 13.8 Å². The van der Waals surface area contributed by atoms with Crippen LogP contribution in [0, 0.1) is 12.3 Å². The molecule has 0 rings (SSSR count). The zero-order valence-electron chi connectivity index (χ0n) is 6.63. The minimum atomic E-state index is -0.926. The predicted molar refractivity (Wildman–Crippen MR) is 44.7 cm³/mol. The van der Waals surface area contributed by atoms with E-state index in [-0.39, 0.29) is 5.25 Å². The molecule has 0 aliphatic carbocycles. The third kappa shape index (κ3) is 3.00. The quantitative estimate of drug-likeness (QED) is 0.553. The maximum absolute atomic E-state index is 11.2. The Bertz CT molecular complexity index is 159. The van der Waals surface area contributed by atoms with Gasteiger partial charge in [-0.05, 0) is 13.8 Å². The van der Waals surface area contributed by atoms with Gasteiger partial charge >= 0.3 is 0 Å². The highest BCUT2D eigenvalue weighted by molar-refractivity contribution is 7.83. The molecule has 0 heterocycles. The Balaban J connectivity index is 3.85. The summed E-state index contributed by atoms with van der Waals surface area (Å²) >= 11 is 0. The molecule has 0 amide bonds. The van der Waals surface area contributed by atoms with E-state index in [4.69, 9.17) is 6.42 Å². The van der Waals surface area contributed by atoms with Gasteiger partial charge in [-0.1, -0.05) is 5.92 Å². The second-order valence-electron chi connectivity index (χ2n) is 2.32. The average Bonchev–Trinajstić information content (AvgIpc) is 1.87. The van der Waals surface area contributed by atoms with Crippen molar-refractivity contribution in [3.05, 3.63) is 0 Å². The van der Waals surface area contributed by atoms with Crippen LogP contribution in [-0.2, 0) is 11.0 Å². The Morgan fingerprint density at radius 1 is 1.70 bits per heavy atom. The minimum Gasteiger partial charge on any atom is -0.242 e. The van der Waals surface area contributed by atoms with Crippen LogP contribution >= 0.6 is 0 Å². The number of terminal acetylenes is 1. The molecule has 2 nitrogen and oxygen atoms in total. The molecule has 0 spiro atoms. The third-order valence-corrected chi connectivity index (χ3v) is 2.57. The topological polar surface area (TPSA) is 20.3 Å². The molecule has 0 aromatic rings. The lowest BCUT2D eigenvalue weighted by Gasteiger charge is -2.14. The summed E-state index contributed by atoms with van der Waals surface area (Å²) in [7, 11) is 0.834. The van der Waals surface area contributed by atoms with Crippen molar-refractivity contribution < 1.29 is 4.21 Å².